The first-order chi connectivity index (χ1) is 9.01. The van der Waals surface area contributed by atoms with Crippen molar-refractivity contribution in [2.45, 2.75) is 39.7 Å². The van der Waals surface area contributed by atoms with Crippen molar-refractivity contribution in [1.82, 2.24) is 4.90 Å². The Morgan fingerprint density at radius 2 is 1.95 bits per heavy atom. The first-order valence-corrected chi connectivity index (χ1v) is 7.10. The van der Waals surface area contributed by atoms with Crippen molar-refractivity contribution in [3.05, 3.63) is 34.9 Å². The Labute approximate surface area is 115 Å². The van der Waals surface area contributed by atoms with Gasteiger partial charge in [-0.3, -0.25) is 4.79 Å². The van der Waals surface area contributed by atoms with E-state index < -0.39 is 0 Å². The van der Waals surface area contributed by atoms with Crippen LogP contribution in [0, 0.1) is 19.8 Å². The third-order valence-corrected chi connectivity index (χ3v) is 3.98. The molecule has 2 rings (SSSR count). The van der Waals surface area contributed by atoms with Crippen molar-refractivity contribution in [3.8, 4) is 0 Å². The minimum atomic E-state index is 0.133. The Morgan fingerprint density at radius 3 is 2.53 bits per heavy atom. The molecule has 1 aromatic rings. The van der Waals surface area contributed by atoms with Crippen molar-refractivity contribution >= 4 is 5.91 Å². The van der Waals surface area contributed by atoms with Crippen LogP contribution in [0.1, 0.15) is 41.3 Å². The summed E-state index contributed by atoms with van der Waals surface area (Å²) in [5.74, 6) is 0.797. The SMILES string of the molecule is Cc1cc(C)cc(C(=O)N2CCC(C)CC2CN)c1. The van der Waals surface area contributed by atoms with E-state index in [9.17, 15) is 4.79 Å². The molecule has 1 amide bonds. The lowest BCUT2D eigenvalue weighted by molar-refractivity contribution is 0.0573. The molecular weight excluding hydrogens is 236 g/mol. The average Bonchev–Trinajstić information content (AvgIpc) is 2.36. The predicted molar refractivity (Wildman–Crippen MR) is 78.2 cm³/mol. The summed E-state index contributed by atoms with van der Waals surface area (Å²) in [6.07, 6.45) is 2.10. The molecule has 1 fully saturated rings. The van der Waals surface area contributed by atoms with Gasteiger partial charge in [0.15, 0.2) is 0 Å². The number of benzene rings is 1. The summed E-state index contributed by atoms with van der Waals surface area (Å²) in [4.78, 5) is 14.6. The molecule has 0 bridgehead atoms. The van der Waals surface area contributed by atoms with E-state index in [1.165, 1.54) is 0 Å². The maximum atomic E-state index is 12.7. The fraction of sp³-hybridized carbons (Fsp3) is 0.562. The largest absolute Gasteiger partial charge is 0.334 e. The Morgan fingerprint density at radius 1 is 1.32 bits per heavy atom. The van der Waals surface area contributed by atoms with Crippen LogP contribution in [0.25, 0.3) is 0 Å². The zero-order valence-corrected chi connectivity index (χ0v) is 12.1. The molecule has 0 aromatic heterocycles. The van der Waals surface area contributed by atoms with Gasteiger partial charge in [-0.1, -0.05) is 24.1 Å². The summed E-state index contributed by atoms with van der Waals surface area (Å²) in [5, 5.41) is 0. The second-order valence-electron chi connectivity index (χ2n) is 5.89. The summed E-state index contributed by atoms with van der Waals surface area (Å²) >= 11 is 0. The van der Waals surface area contributed by atoms with E-state index in [-0.39, 0.29) is 11.9 Å². The van der Waals surface area contributed by atoms with Gasteiger partial charge in [-0.05, 0) is 44.7 Å². The Kier molecular flexibility index (Phi) is 4.25. The maximum absolute atomic E-state index is 12.7. The second-order valence-corrected chi connectivity index (χ2v) is 5.89. The summed E-state index contributed by atoms with van der Waals surface area (Å²) in [7, 11) is 0. The molecule has 1 aromatic carbocycles. The number of carbonyl (C=O) groups excluding carboxylic acids is 1. The summed E-state index contributed by atoms with van der Waals surface area (Å²) in [6, 6.07) is 6.23. The normalized spacial score (nSPS) is 23.5. The molecule has 0 spiro atoms. The minimum Gasteiger partial charge on any atom is -0.334 e. The molecule has 2 unspecified atom stereocenters. The van der Waals surface area contributed by atoms with Crippen LogP contribution in [0.15, 0.2) is 18.2 Å². The number of aryl methyl sites for hydroxylation is 2. The van der Waals surface area contributed by atoms with E-state index in [4.69, 9.17) is 5.73 Å². The van der Waals surface area contributed by atoms with Gasteiger partial charge in [-0.25, -0.2) is 0 Å². The average molecular weight is 260 g/mol. The van der Waals surface area contributed by atoms with Crippen molar-refractivity contribution in [3.63, 3.8) is 0 Å². The van der Waals surface area contributed by atoms with Gasteiger partial charge in [0.1, 0.15) is 0 Å². The number of hydrogen-bond acceptors (Lipinski definition) is 2. The highest BCUT2D eigenvalue weighted by molar-refractivity contribution is 5.95. The molecule has 3 heteroatoms. The van der Waals surface area contributed by atoms with Crippen LogP contribution in [0.2, 0.25) is 0 Å². The Hall–Kier alpha value is -1.35. The maximum Gasteiger partial charge on any atom is 0.254 e. The summed E-state index contributed by atoms with van der Waals surface area (Å²) < 4.78 is 0. The Bertz CT molecular complexity index is 450. The van der Waals surface area contributed by atoms with Crippen LogP contribution < -0.4 is 5.73 Å². The van der Waals surface area contributed by atoms with Crippen LogP contribution in [-0.2, 0) is 0 Å². The number of hydrogen-bond donors (Lipinski definition) is 1. The number of piperidine rings is 1. The molecule has 0 radical (unpaired) electrons. The molecule has 1 saturated heterocycles. The quantitative estimate of drug-likeness (QED) is 0.888. The number of nitrogens with two attached hydrogens (primary N) is 1. The van der Waals surface area contributed by atoms with Gasteiger partial charge in [0, 0.05) is 24.7 Å². The highest BCUT2D eigenvalue weighted by Gasteiger charge is 2.29. The number of carbonyl (C=O) groups is 1. The summed E-state index contributed by atoms with van der Waals surface area (Å²) in [6.45, 7) is 7.68. The molecule has 0 aliphatic carbocycles. The molecule has 0 saturated carbocycles. The van der Waals surface area contributed by atoms with Crippen LogP contribution in [0.3, 0.4) is 0 Å². The van der Waals surface area contributed by atoms with Crippen LogP contribution in [0.5, 0.6) is 0 Å². The first-order valence-electron chi connectivity index (χ1n) is 7.10. The van der Waals surface area contributed by atoms with Crippen LogP contribution in [-0.4, -0.2) is 29.9 Å². The summed E-state index contributed by atoms with van der Waals surface area (Å²) in [5.41, 5.74) is 8.91. The van der Waals surface area contributed by atoms with E-state index >= 15 is 0 Å². The van der Waals surface area contributed by atoms with E-state index in [1.54, 1.807) is 0 Å². The van der Waals surface area contributed by atoms with Gasteiger partial charge in [0.2, 0.25) is 0 Å². The van der Waals surface area contributed by atoms with Gasteiger partial charge in [-0.2, -0.15) is 0 Å². The van der Waals surface area contributed by atoms with E-state index in [2.05, 4.69) is 13.0 Å². The molecule has 3 nitrogen and oxygen atoms in total. The van der Waals surface area contributed by atoms with Crippen molar-refractivity contribution < 1.29 is 4.79 Å². The lowest BCUT2D eigenvalue weighted by Gasteiger charge is -2.38. The number of likely N-dealkylation sites (tertiary alicyclic amines) is 1. The number of rotatable bonds is 2. The minimum absolute atomic E-state index is 0.133. The van der Waals surface area contributed by atoms with E-state index in [0.717, 1.165) is 36.1 Å². The molecule has 19 heavy (non-hydrogen) atoms. The smallest absolute Gasteiger partial charge is 0.254 e. The first kappa shape index (κ1) is 14.1. The van der Waals surface area contributed by atoms with Crippen LogP contribution in [0.4, 0.5) is 0 Å². The zero-order valence-electron chi connectivity index (χ0n) is 12.1. The van der Waals surface area contributed by atoms with E-state index in [1.807, 2.05) is 30.9 Å². The molecule has 2 N–H and O–H groups in total. The monoisotopic (exact) mass is 260 g/mol. The lowest BCUT2D eigenvalue weighted by atomic mass is 9.91. The predicted octanol–water partition coefficient (Wildman–Crippen LogP) is 2.50. The van der Waals surface area contributed by atoms with Crippen molar-refractivity contribution in [2.75, 3.05) is 13.1 Å². The van der Waals surface area contributed by atoms with Crippen molar-refractivity contribution in [1.29, 1.82) is 0 Å². The fourth-order valence-electron chi connectivity index (χ4n) is 3.01. The second kappa shape index (κ2) is 5.74. The van der Waals surface area contributed by atoms with Gasteiger partial charge in [-0.15, -0.1) is 0 Å². The van der Waals surface area contributed by atoms with Crippen molar-refractivity contribution in [2.24, 2.45) is 11.7 Å². The third-order valence-electron chi connectivity index (χ3n) is 3.98. The van der Waals surface area contributed by atoms with Gasteiger partial charge in [0.25, 0.3) is 5.91 Å². The molecule has 1 aliphatic rings. The standard InChI is InChI=1S/C16H24N2O/c1-11-4-5-18(15(9-11)10-17)16(19)14-7-12(2)6-13(3)8-14/h6-8,11,15H,4-5,9-10,17H2,1-3H3. The van der Waals surface area contributed by atoms with Gasteiger partial charge in [0.05, 0.1) is 0 Å². The van der Waals surface area contributed by atoms with Crippen LogP contribution >= 0.6 is 0 Å². The highest BCUT2D eigenvalue weighted by Crippen LogP contribution is 2.24. The molecule has 104 valence electrons. The highest BCUT2D eigenvalue weighted by atomic mass is 16.2. The number of amides is 1. The molecular formula is C16H24N2O. The third kappa shape index (κ3) is 3.16. The molecule has 1 heterocycles. The molecule has 2 atom stereocenters. The molecule has 1 aliphatic heterocycles. The topological polar surface area (TPSA) is 46.3 Å². The van der Waals surface area contributed by atoms with Gasteiger partial charge < -0.3 is 10.6 Å². The Balaban J connectivity index is 2.22. The zero-order chi connectivity index (χ0) is 14.0. The fourth-order valence-corrected chi connectivity index (χ4v) is 3.01. The van der Waals surface area contributed by atoms with E-state index in [0.29, 0.717) is 12.5 Å². The lowest BCUT2D eigenvalue weighted by Crippen LogP contribution is -2.49. The number of nitrogens with zero attached hydrogens (tertiary/aromatic N) is 1. The van der Waals surface area contributed by atoms with Gasteiger partial charge >= 0.3 is 0 Å².